The van der Waals surface area contributed by atoms with E-state index in [4.69, 9.17) is 0 Å². The van der Waals surface area contributed by atoms with E-state index in [-0.39, 0.29) is 12.1 Å². The van der Waals surface area contributed by atoms with Crippen LogP contribution >= 0.6 is 27.3 Å². The minimum atomic E-state index is -4.60. The zero-order chi connectivity index (χ0) is 15.5. The van der Waals surface area contributed by atoms with Crippen LogP contribution < -0.4 is 5.32 Å². The van der Waals surface area contributed by atoms with Crippen molar-refractivity contribution in [1.82, 2.24) is 10.3 Å². The number of carbonyl (C=O) groups excluding carboxylic acids is 1. The van der Waals surface area contributed by atoms with Gasteiger partial charge in [-0.05, 0) is 34.1 Å². The van der Waals surface area contributed by atoms with Crippen molar-refractivity contribution in [3.63, 3.8) is 0 Å². The molecule has 112 valence electrons. The number of hydrogen-bond donors (Lipinski definition) is 1. The van der Waals surface area contributed by atoms with Crippen molar-refractivity contribution in [3.05, 3.63) is 50.9 Å². The first-order chi connectivity index (χ1) is 9.86. The van der Waals surface area contributed by atoms with Gasteiger partial charge in [0.2, 0.25) is 5.91 Å². The summed E-state index contributed by atoms with van der Waals surface area (Å²) in [5, 5.41) is 3.76. The number of nitrogens with zero attached hydrogens (tertiary/aromatic N) is 1. The van der Waals surface area contributed by atoms with Crippen molar-refractivity contribution in [3.8, 4) is 0 Å². The number of hydrogen-bond acceptors (Lipinski definition) is 3. The summed E-state index contributed by atoms with van der Waals surface area (Å²) in [5.74, 6) is -0.697. The Kier molecular flexibility index (Phi) is 5.00. The molecule has 0 saturated carbocycles. The summed E-state index contributed by atoms with van der Waals surface area (Å²) in [5.41, 5.74) is -0.231. The van der Waals surface area contributed by atoms with Gasteiger partial charge in [0.1, 0.15) is 0 Å². The maximum Gasteiger partial charge on any atom is 0.414 e. The topological polar surface area (TPSA) is 42.0 Å². The molecule has 0 aliphatic heterocycles. The Bertz CT molecular complexity index is 615. The zero-order valence-corrected chi connectivity index (χ0v) is 12.9. The van der Waals surface area contributed by atoms with Crippen LogP contribution in [0.3, 0.4) is 0 Å². The van der Waals surface area contributed by atoms with Crippen LogP contribution in [0.1, 0.15) is 16.6 Å². The van der Waals surface area contributed by atoms with E-state index in [0.29, 0.717) is 4.88 Å². The predicted molar refractivity (Wildman–Crippen MR) is 76.9 cm³/mol. The smallest absolute Gasteiger partial charge is 0.339 e. The van der Waals surface area contributed by atoms with Gasteiger partial charge in [0.05, 0.1) is 12.1 Å². The number of nitrogens with one attached hydrogen (secondary N) is 1. The molecule has 8 heteroatoms. The number of rotatable bonds is 4. The van der Waals surface area contributed by atoms with Crippen molar-refractivity contribution in [2.45, 2.75) is 18.6 Å². The molecule has 3 nitrogen and oxygen atoms in total. The molecule has 1 N–H and O–H groups in total. The Morgan fingerprint density at radius 3 is 2.71 bits per heavy atom. The van der Waals surface area contributed by atoms with E-state index in [0.717, 1.165) is 4.47 Å². The molecule has 0 radical (unpaired) electrons. The molecule has 1 atom stereocenters. The summed E-state index contributed by atoms with van der Waals surface area (Å²) in [6, 6.07) is 3.80. The molecule has 0 aliphatic carbocycles. The lowest BCUT2D eigenvalue weighted by Crippen LogP contribution is -2.39. The number of aromatic nitrogens is 1. The molecule has 0 spiro atoms. The number of pyridine rings is 1. The van der Waals surface area contributed by atoms with E-state index in [1.54, 1.807) is 11.4 Å². The maximum absolute atomic E-state index is 13.0. The first-order valence-corrected chi connectivity index (χ1v) is 7.53. The molecule has 2 aromatic rings. The number of carbonyl (C=O) groups is 1. The molecule has 0 aromatic carbocycles. The van der Waals surface area contributed by atoms with Gasteiger partial charge in [-0.25, -0.2) is 0 Å². The van der Waals surface area contributed by atoms with Gasteiger partial charge < -0.3 is 5.32 Å². The van der Waals surface area contributed by atoms with Crippen molar-refractivity contribution in [2.24, 2.45) is 0 Å². The quantitative estimate of drug-likeness (QED) is 0.877. The number of alkyl halides is 3. The van der Waals surface area contributed by atoms with E-state index in [9.17, 15) is 18.0 Å². The number of amides is 1. The summed E-state index contributed by atoms with van der Waals surface area (Å²) in [7, 11) is 0. The standard InChI is InChI=1S/C13H10BrF3N2OS/c14-8-5-9(21-7-8)6-11(20)19-12(13(15,16)17)10-3-1-2-4-18-10/h1-5,7,12H,6H2,(H,19,20). The van der Waals surface area contributed by atoms with Crippen LogP contribution in [0, 0.1) is 0 Å². The zero-order valence-electron chi connectivity index (χ0n) is 10.5. The predicted octanol–water partition coefficient (Wildman–Crippen LogP) is 3.87. The Balaban J connectivity index is 2.11. The molecular formula is C13H10BrF3N2OS. The van der Waals surface area contributed by atoms with Gasteiger partial charge in [-0.3, -0.25) is 9.78 Å². The van der Waals surface area contributed by atoms with Gasteiger partial charge in [-0.2, -0.15) is 13.2 Å². The van der Waals surface area contributed by atoms with Crippen LogP contribution in [0.15, 0.2) is 40.3 Å². The van der Waals surface area contributed by atoms with Crippen LogP contribution in [0.5, 0.6) is 0 Å². The van der Waals surface area contributed by atoms with Gasteiger partial charge >= 0.3 is 6.18 Å². The molecule has 2 aromatic heterocycles. The maximum atomic E-state index is 13.0. The lowest BCUT2D eigenvalue weighted by Gasteiger charge is -2.21. The fourth-order valence-corrected chi connectivity index (χ4v) is 3.14. The Labute approximate surface area is 131 Å². The molecule has 0 aliphatic rings. The Morgan fingerprint density at radius 1 is 1.43 bits per heavy atom. The first kappa shape index (κ1) is 16.0. The van der Waals surface area contributed by atoms with E-state index in [2.05, 4.69) is 20.9 Å². The van der Waals surface area contributed by atoms with Crippen LogP contribution in [-0.4, -0.2) is 17.1 Å². The molecule has 1 amide bonds. The largest absolute Gasteiger partial charge is 0.414 e. The summed E-state index contributed by atoms with van der Waals surface area (Å²) in [6.07, 6.45) is -3.44. The lowest BCUT2D eigenvalue weighted by atomic mass is 10.1. The Morgan fingerprint density at radius 2 is 2.19 bits per heavy atom. The normalized spacial score (nSPS) is 13.0. The molecule has 2 heterocycles. The molecule has 2 rings (SSSR count). The van der Waals surface area contributed by atoms with Crippen molar-refractivity contribution >= 4 is 33.2 Å². The van der Waals surface area contributed by atoms with Crippen molar-refractivity contribution in [1.29, 1.82) is 0 Å². The van der Waals surface area contributed by atoms with Crippen LogP contribution in [0.2, 0.25) is 0 Å². The van der Waals surface area contributed by atoms with E-state index in [1.165, 1.54) is 35.7 Å². The number of halogens is 4. The molecule has 0 bridgehead atoms. The van der Waals surface area contributed by atoms with Crippen LogP contribution in [0.4, 0.5) is 13.2 Å². The highest BCUT2D eigenvalue weighted by Gasteiger charge is 2.42. The summed E-state index contributed by atoms with van der Waals surface area (Å²) < 4.78 is 39.9. The van der Waals surface area contributed by atoms with Crippen LogP contribution in [-0.2, 0) is 11.2 Å². The fourth-order valence-electron chi connectivity index (χ4n) is 1.69. The highest BCUT2D eigenvalue weighted by atomic mass is 79.9. The highest BCUT2D eigenvalue weighted by molar-refractivity contribution is 9.10. The highest BCUT2D eigenvalue weighted by Crippen LogP contribution is 2.31. The molecule has 0 saturated heterocycles. The van der Waals surface area contributed by atoms with E-state index in [1.807, 2.05) is 5.32 Å². The second kappa shape index (κ2) is 6.57. The minimum Gasteiger partial charge on any atom is -0.339 e. The third kappa shape index (κ3) is 4.53. The number of thiophene rings is 1. The summed E-state index contributed by atoms with van der Waals surface area (Å²) in [4.78, 5) is 16.2. The summed E-state index contributed by atoms with van der Waals surface area (Å²) in [6.45, 7) is 0. The van der Waals surface area contributed by atoms with Crippen molar-refractivity contribution in [2.75, 3.05) is 0 Å². The molecule has 21 heavy (non-hydrogen) atoms. The van der Waals surface area contributed by atoms with Crippen molar-refractivity contribution < 1.29 is 18.0 Å². The second-order valence-electron chi connectivity index (χ2n) is 4.20. The van der Waals surface area contributed by atoms with E-state index < -0.39 is 18.1 Å². The third-order valence-corrected chi connectivity index (χ3v) is 4.27. The minimum absolute atomic E-state index is 0.102. The van der Waals surface area contributed by atoms with Crippen LogP contribution in [0.25, 0.3) is 0 Å². The molecule has 1 unspecified atom stereocenters. The molecule has 0 fully saturated rings. The summed E-state index contributed by atoms with van der Waals surface area (Å²) >= 11 is 4.53. The van der Waals surface area contributed by atoms with E-state index >= 15 is 0 Å². The fraction of sp³-hybridized carbons (Fsp3) is 0.231. The average Bonchev–Trinajstić information content (AvgIpc) is 2.81. The third-order valence-electron chi connectivity index (χ3n) is 2.57. The average molecular weight is 379 g/mol. The lowest BCUT2D eigenvalue weighted by molar-refractivity contribution is -0.164. The van der Waals surface area contributed by atoms with Gasteiger partial charge in [0.15, 0.2) is 6.04 Å². The van der Waals surface area contributed by atoms with Gasteiger partial charge in [0, 0.05) is 20.9 Å². The van der Waals surface area contributed by atoms with Gasteiger partial charge in [0.25, 0.3) is 0 Å². The van der Waals surface area contributed by atoms with Gasteiger partial charge in [-0.15, -0.1) is 11.3 Å². The second-order valence-corrected chi connectivity index (χ2v) is 6.12. The molecular weight excluding hydrogens is 369 g/mol. The van der Waals surface area contributed by atoms with Gasteiger partial charge in [-0.1, -0.05) is 6.07 Å². The Hall–Kier alpha value is -1.41. The monoisotopic (exact) mass is 378 g/mol. The SMILES string of the molecule is O=C(Cc1cc(Br)cs1)NC(c1ccccn1)C(F)(F)F. The first-order valence-electron chi connectivity index (χ1n) is 5.86.